The summed E-state index contributed by atoms with van der Waals surface area (Å²) in [5.41, 5.74) is 2.77. The minimum atomic E-state index is -0.410. The summed E-state index contributed by atoms with van der Waals surface area (Å²) >= 11 is 1.64. The maximum Gasteiger partial charge on any atom is 0.338 e. The van der Waals surface area contributed by atoms with Crippen molar-refractivity contribution in [2.24, 2.45) is 0 Å². The standard InChI is InChI=1S/C26H24N2O4S/c1-2-32-26(31)19-12-14-20(15-13-19)27-24(29)17-28-21-10-6-7-11-22(21)33-23(16-25(28)30)18-8-4-3-5-9-18/h3-15,23H,2,16-17H2,1H3,(H,27,29)/t23-/m0/s1. The second-order valence-electron chi connectivity index (χ2n) is 7.51. The predicted octanol–water partition coefficient (Wildman–Crippen LogP) is 5.07. The van der Waals surface area contributed by atoms with Crippen LogP contribution in [0.4, 0.5) is 11.4 Å². The summed E-state index contributed by atoms with van der Waals surface area (Å²) in [6, 6.07) is 24.1. The van der Waals surface area contributed by atoms with Crippen LogP contribution in [-0.2, 0) is 14.3 Å². The number of amides is 2. The maximum absolute atomic E-state index is 13.2. The van der Waals surface area contributed by atoms with E-state index >= 15 is 0 Å². The van der Waals surface area contributed by atoms with Gasteiger partial charge >= 0.3 is 5.97 Å². The zero-order chi connectivity index (χ0) is 23.2. The molecule has 1 aliphatic heterocycles. The predicted molar refractivity (Wildman–Crippen MR) is 129 cm³/mol. The van der Waals surface area contributed by atoms with Gasteiger partial charge in [0.05, 0.1) is 17.9 Å². The van der Waals surface area contributed by atoms with Crippen molar-refractivity contribution in [2.75, 3.05) is 23.4 Å². The third kappa shape index (κ3) is 5.43. The quantitative estimate of drug-likeness (QED) is 0.520. The van der Waals surface area contributed by atoms with Gasteiger partial charge in [0.25, 0.3) is 0 Å². The van der Waals surface area contributed by atoms with Crippen LogP contribution in [-0.4, -0.2) is 30.9 Å². The minimum absolute atomic E-state index is 0.0247. The lowest BCUT2D eigenvalue weighted by Gasteiger charge is -2.22. The van der Waals surface area contributed by atoms with Crippen LogP contribution in [0.1, 0.15) is 34.5 Å². The van der Waals surface area contributed by atoms with Gasteiger partial charge in [-0.1, -0.05) is 42.5 Å². The van der Waals surface area contributed by atoms with Gasteiger partial charge in [-0.3, -0.25) is 9.59 Å². The number of anilines is 2. The van der Waals surface area contributed by atoms with Crippen molar-refractivity contribution in [3.63, 3.8) is 0 Å². The van der Waals surface area contributed by atoms with Crippen LogP contribution >= 0.6 is 11.8 Å². The second-order valence-corrected chi connectivity index (χ2v) is 8.76. The molecule has 1 aliphatic rings. The molecule has 0 fully saturated rings. The number of fused-ring (bicyclic) bond motifs is 1. The Morgan fingerprint density at radius 3 is 2.42 bits per heavy atom. The summed E-state index contributed by atoms with van der Waals surface area (Å²) in [7, 11) is 0. The molecule has 0 bridgehead atoms. The normalized spacial score (nSPS) is 15.4. The molecule has 33 heavy (non-hydrogen) atoms. The average molecular weight is 461 g/mol. The van der Waals surface area contributed by atoms with E-state index in [2.05, 4.69) is 5.32 Å². The van der Waals surface area contributed by atoms with Gasteiger partial charge in [0.1, 0.15) is 6.54 Å². The SMILES string of the molecule is CCOC(=O)c1ccc(NC(=O)CN2C(=O)C[C@@H](c3ccccc3)Sc3ccccc32)cc1. The molecule has 0 saturated carbocycles. The van der Waals surface area contributed by atoms with E-state index < -0.39 is 5.97 Å². The second kappa shape index (κ2) is 10.4. The highest BCUT2D eigenvalue weighted by Gasteiger charge is 2.30. The van der Waals surface area contributed by atoms with Crippen molar-refractivity contribution in [2.45, 2.75) is 23.5 Å². The van der Waals surface area contributed by atoms with Crippen molar-refractivity contribution < 1.29 is 19.1 Å². The molecule has 1 N–H and O–H groups in total. The Morgan fingerprint density at radius 2 is 1.70 bits per heavy atom. The molecule has 168 valence electrons. The van der Waals surface area contributed by atoms with Gasteiger partial charge in [0, 0.05) is 22.3 Å². The number of nitrogens with zero attached hydrogens (tertiary/aromatic N) is 1. The van der Waals surface area contributed by atoms with Crippen LogP contribution in [0.2, 0.25) is 0 Å². The summed E-state index contributed by atoms with van der Waals surface area (Å²) in [4.78, 5) is 40.3. The van der Waals surface area contributed by atoms with E-state index in [1.807, 2.05) is 54.6 Å². The fourth-order valence-corrected chi connectivity index (χ4v) is 4.93. The van der Waals surface area contributed by atoms with Crippen LogP contribution in [0.25, 0.3) is 0 Å². The molecule has 0 aromatic heterocycles. The van der Waals surface area contributed by atoms with E-state index in [1.165, 1.54) is 0 Å². The van der Waals surface area contributed by atoms with Crippen LogP contribution in [0.3, 0.4) is 0 Å². The molecule has 1 heterocycles. The number of hydrogen-bond donors (Lipinski definition) is 1. The molecule has 0 aliphatic carbocycles. The zero-order valence-electron chi connectivity index (χ0n) is 18.2. The van der Waals surface area contributed by atoms with Crippen molar-refractivity contribution in [1.29, 1.82) is 0 Å². The molecule has 0 saturated heterocycles. The number of rotatable bonds is 6. The summed E-state index contributed by atoms with van der Waals surface area (Å²) < 4.78 is 4.97. The first kappa shape index (κ1) is 22.6. The zero-order valence-corrected chi connectivity index (χ0v) is 19.0. The maximum atomic E-state index is 13.2. The van der Waals surface area contributed by atoms with Gasteiger partial charge in [-0.15, -0.1) is 11.8 Å². The van der Waals surface area contributed by atoms with Crippen LogP contribution in [0.5, 0.6) is 0 Å². The average Bonchev–Trinajstić information content (AvgIpc) is 2.97. The first-order valence-corrected chi connectivity index (χ1v) is 11.6. The Kier molecular flexibility index (Phi) is 7.10. The van der Waals surface area contributed by atoms with Crippen molar-refractivity contribution >= 4 is 40.9 Å². The van der Waals surface area contributed by atoms with E-state index in [9.17, 15) is 14.4 Å². The van der Waals surface area contributed by atoms with Gasteiger partial charge < -0.3 is 15.0 Å². The number of carbonyl (C=O) groups is 3. The lowest BCUT2D eigenvalue weighted by Crippen LogP contribution is -2.38. The molecule has 2 amide bonds. The molecule has 0 radical (unpaired) electrons. The molecular formula is C26H24N2O4S. The summed E-state index contributed by atoms with van der Waals surface area (Å²) in [6.07, 6.45) is 0.297. The Balaban J connectivity index is 1.49. The molecule has 0 unspecified atom stereocenters. The Hall–Kier alpha value is -3.58. The molecule has 1 atom stereocenters. The Morgan fingerprint density at radius 1 is 1.00 bits per heavy atom. The van der Waals surface area contributed by atoms with E-state index in [-0.39, 0.29) is 23.6 Å². The highest BCUT2D eigenvalue weighted by molar-refractivity contribution is 7.99. The molecular weight excluding hydrogens is 436 g/mol. The smallest absolute Gasteiger partial charge is 0.338 e. The highest BCUT2D eigenvalue weighted by Crippen LogP contribution is 2.45. The topological polar surface area (TPSA) is 75.7 Å². The monoisotopic (exact) mass is 460 g/mol. The minimum Gasteiger partial charge on any atom is -0.462 e. The van der Waals surface area contributed by atoms with Crippen molar-refractivity contribution in [3.05, 3.63) is 90.0 Å². The molecule has 6 nitrogen and oxygen atoms in total. The molecule has 4 rings (SSSR count). The molecule has 0 spiro atoms. The first-order valence-electron chi connectivity index (χ1n) is 10.7. The number of esters is 1. The van der Waals surface area contributed by atoms with Crippen molar-refractivity contribution in [1.82, 2.24) is 0 Å². The number of benzene rings is 3. The Bertz CT molecular complexity index is 1150. The van der Waals surface area contributed by atoms with E-state index in [4.69, 9.17) is 4.74 Å². The third-order valence-electron chi connectivity index (χ3n) is 5.24. The van der Waals surface area contributed by atoms with E-state index in [0.29, 0.717) is 24.3 Å². The molecule has 3 aromatic carbocycles. The number of ether oxygens (including phenoxy) is 1. The summed E-state index contributed by atoms with van der Waals surface area (Å²) in [5.74, 6) is -0.827. The van der Waals surface area contributed by atoms with E-state index in [1.54, 1.807) is 47.9 Å². The van der Waals surface area contributed by atoms with Gasteiger partial charge in [-0.2, -0.15) is 0 Å². The van der Waals surface area contributed by atoms with Crippen LogP contribution < -0.4 is 10.2 Å². The first-order chi connectivity index (χ1) is 16.0. The molecule has 7 heteroatoms. The summed E-state index contributed by atoms with van der Waals surface area (Å²) in [5, 5.41) is 2.79. The molecule has 3 aromatic rings. The lowest BCUT2D eigenvalue weighted by molar-refractivity contribution is -0.121. The highest BCUT2D eigenvalue weighted by atomic mass is 32.2. The van der Waals surface area contributed by atoms with Gasteiger partial charge in [-0.25, -0.2) is 4.79 Å². The largest absolute Gasteiger partial charge is 0.462 e. The van der Waals surface area contributed by atoms with Crippen molar-refractivity contribution in [3.8, 4) is 0 Å². The van der Waals surface area contributed by atoms with Crippen LogP contribution in [0, 0.1) is 0 Å². The number of hydrogen-bond acceptors (Lipinski definition) is 5. The van der Waals surface area contributed by atoms with Crippen LogP contribution in [0.15, 0.2) is 83.8 Å². The van der Waals surface area contributed by atoms with Gasteiger partial charge in [-0.05, 0) is 48.9 Å². The Labute approximate surface area is 196 Å². The fourth-order valence-electron chi connectivity index (χ4n) is 3.65. The number of carbonyl (C=O) groups excluding carboxylic acids is 3. The lowest BCUT2D eigenvalue weighted by atomic mass is 10.1. The fraction of sp³-hybridized carbons (Fsp3) is 0.192. The van der Waals surface area contributed by atoms with Gasteiger partial charge in [0.2, 0.25) is 11.8 Å². The number of para-hydroxylation sites is 1. The number of nitrogens with one attached hydrogen (secondary N) is 1. The number of thioether (sulfide) groups is 1. The van der Waals surface area contributed by atoms with E-state index in [0.717, 1.165) is 16.1 Å². The third-order valence-corrected chi connectivity index (χ3v) is 6.56. The van der Waals surface area contributed by atoms with Gasteiger partial charge in [0.15, 0.2) is 0 Å². The summed E-state index contributed by atoms with van der Waals surface area (Å²) in [6.45, 7) is 1.94.